The summed E-state index contributed by atoms with van der Waals surface area (Å²) in [7, 11) is 0. The van der Waals surface area contributed by atoms with Gasteiger partial charge in [-0.3, -0.25) is 4.79 Å². The van der Waals surface area contributed by atoms with Crippen LogP contribution in [0.15, 0.2) is 53.1 Å². The predicted octanol–water partition coefficient (Wildman–Crippen LogP) is 6.01. The molecule has 180 valence electrons. The van der Waals surface area contributed by atoms with Crippen molar-refractivity contribution in [3.05, 3.63) is 69.8 Å². The fourth-order valence-electron chi connectivity index (χ4n) is 2.79. The second-order valence-corrected chi connectivity index (χ2v) is 8.53. The number of allylic oxidation sites excluding steroid dienone is 1. The molecule has 2 rings (SSSR count). The van der Waals surface area contributed by atoms with E-state index in [-0.39, 0.29) is 13.0 Å². The van der Waals surface area contributed by atoms with Crippen LogP contribution in [-0.4, -0.2) is 24.3 Å². The zero-order valence-electron chi connectivity index (χ0n) is 18.6. The number of nitrogens with two attached hydrogens (primary N) is 1. The molecule has 0 amide bonds. The summed E-state index contributed by atoms with van der Waals surface area (Å²) in [4.78, 5) is 11.9. The zero-order chi connectivity index (χ0) is 24.4. The van der Waals surface area contributed by atoms with Crippen LogP contribution in [0.2, 0.25) is 0 Å². The van der Waals surface area contributed by atoms with Crippen LogP contribution in [0.4, 0.5) is 13.2 Å². The van der Waals surface area contributed by atoms with Crippen LogP contribution >= 0.6 is 11.8 Å². The highest BCUT2D eigenvalue weighted by molar-refractivity contribution is 8.02. The molecule has 0 aromatic heterocycles. The van der Waals surface area contributed by atoms with Crippen LogP contribution in [0, 0.1) is 0 Å². The molecule has 5 nitrogen and oxygen atoms in total. The predicted molar refractivity (Wildman–Crippen MR) is 123 cm³/mol. The van der Waals surface area contributed by atoms with Crippen molar-refractivity contribution >= 4 is 17.7 Å². The Morgan fingerprint density at radius 2 is 1.70 bits per heavy atom. The van der Waals surface area contributed by atoms with Gasteiger partial charge in [0.05, 0.1) is 18.6 Å². The maximum Gasteiger partial charge on any atom is 0.416 e. The molecule has 0 aliphatic carbocycles. The van der Waals surface area contributed by atoms with E-state index in [2.05, 4.69) is 0 Å². The molecule has 2 aromatic carbocycles. The first-order valence-corrected chi connectivity index (χ1v) is 11.4. The first kappa shape index (κ1) is 26.4. The monoisotopic (exact) mass is 483 g/mol. The molecular formula is C24H28F3NO4S. The van der Waals surface area contributed by atoms with Crippen molar-refractivity contribution in [2.75, 3.05) is 13.2 Å². The molecule has 0 bridgehead atoms. The quantitative estimate of drug-likeness (QED) is 0.360. The number of unbranched alkanes of at least 4 members (excludes halogenated alkanes) is 1. The van der Waals surface area contributed by atoms with Crippen LogP contribution in [0.3, 0.4) is 0 Å². The molecule has 0 aliphatic heterocycles. The molecule has 0 aliphatic rings. The Labute approximate surface area is 195 Å². The number of hydrogen-bond donors (Lipinski definition) is 2. The number of ether oxygens (including phenoxy) is 2. The van der Waals surface area contributed by atoms with Gasteiger partial charge in [-0.1, -0.05) is 25.5 Å². The SMILES string of the molecule is CCCCOc1cc(CC(=O)O)cc(OC/C(SCc2ccc(C(F)(F)F)cc2)=C(\C)N)c1. The number of carbonyl (C=O) groups is 1. The van der Waals surface area contributed by atoms with Gasteiger partial charge in [-0.15, -0.1) is 11.8 Å². The van der Waals surface area contributed by atoms with E-state index in [1.54, 1.807) is 25.1 Å². The number of benzene rings is 2. The average molecular weight is 484 g/mol. The maximum atomic E-state index is 12.7. The Bertz CT molecular complexity index is 955. The Morgan fingerprint density at radius 3 is 2.24 bits per heavy atom. The highest BCUT2D eigenvalue weighted by Crippen LogP contribution is 2.31. The van der Waals surface area contributed by atoms with E-state index in [9.17, 15) is 18.0 Å². The number of thioether (sulfide) groups is 1. The molecule has 0 radical (unpaired) electrons. The molecule has 2 aromatic rings. The van der Waals surface area contributed by atoms with Crippen molar-refractivity contribution in [3.63, 3.8) is 0 Å². The number of alkyl halides is 3. The van der Waals surface area contributed by atoms with Crippen LogP contribution in [0.25, 0.3) is 0 Å². The van der Waals surface area contributed by atoms with E-state index in [4.69, 9.17) is 20.3 Å². The van der Waals surface area contributed by atoms with Crippen molar-refractivity contribution in [2.24, 2.45) is 5.73 Å². The number of halogens is 3. The molecule has 0 atom stereocenters. The zero-order valence-corrected chi connectivity index (χ0v) is 19.4. The summed E-state index contributed by atoms with van der Waals surface area (Å²) in [6, 6.07) is 10.0. The van der Waals surface area contributed by atoms with Gasteiger partial charge in [0.15, 0.2) is 0 Å². The first-order valence-electron chi connectivity index (χ1n) is 10.4. The number of carboxylic acids is 1. The summed E-state index contributed by atoms with van der Waals surface area (Å²) in [5.74, 6) is 0.450. The minimum absolute atomic E-state index is 0.137. The molecule has 0 saturated carbocycles. The molecule has 0 heterocycles. The number of hydrogen-bond acceptors (Lipinski definition) is 5. The summed E-state index contributed by atoms with van der Waals surface area (Å²) in [6.45, 7) is 4.42. The van der Waals surface area contributed by atoms with Crippen LogP contribution < -0.4 is 15.2 Å². The van der Waals surface area contributed by atoms with Gasteiger partial charge < -0.3 is 20.3 Å². The Kier molecular flexibility index (Phi) is 9.96. The van der Waals surface area contributed by atoms with Crippen molar-refractivity contribution in [1.29, 1.82) is 0 Å². The maximum absolute atomic E-state index is 12.7. The third kappa shape index (κ3) is 9.29. The standard InChI is InChI=1S/C24H28F3NO4S/c1-3-4-9-31-20-10-18(12-23(29)30)11-21(13-20)32-14-22(16(2)28)33-15-17-5-7-19(8-6-17)24(25,26)27/h5-8,10-11,13H,3-4,9,12,14-15,28H2,1-2H3,(H,29,30)/b22-16-. The molecule has 9 heteroatoms. The summed E-state index contributed by atoms with van der Waals surface area (Å²) in [5, 5.41) is 9.12. The van der Waals surface area contributed by atoms with Gasteiger partial charge in [-0.25, -0.2) is 0 Å². The van der Waals surface area contributed by atoms with Crippen molar-refractivity contribution < 1.29 is 32.5 Å². The highest BCUT2D eigenvalue weighted by atomic mass is 32.2. The minimum Gasteiger partial charge on any atom is -0.493 e. The minimum atomic E-state index is -4.37. The smallest absolute Gasteiger partial charge is 0.416 e. The third-order valence-electron chi connectivity index (χ3n) is 4.57. The van der Waals surface area contributed by atoms with Crippen molar-refractivity contribution in [1.82, 2.24) is 0 Å². The number of aliphatic carboxylic acids is 1. The average Bonchev–Trinajstić information content (AvgIpc) is 2.73. The summed E-state index contributed by atoms with van der Waals surface area (Å²) < 4.78 is 49.8. The summed E-state index contributed by atoms with van der Waals surface area (Å²) in [5.41, 5.74) is 7.10. The number of carboxylic acid groups (broad SMARTS) is 1. The van der Waals surface area contributed by atoms with Gasteiger partial charge in [0, 0.05) is 22.4 Å². The largest absolute Gasteiger partial charge is 0.493 e. The fourth-order valence-corrected chi connectivity index (χ4v) is 3.69. The molecule has 0 fully saturated rings. The molecule has 0 saturated heterocycles. The molecule has 0 unspecified atom stereocenters. The second kappa shape index (κ2) is 12.4. The van der Waals surface area contributed by atoms with Gasteiger partial charge in [-0.05, 0) is 48.7 Å². The van der Waals surface area contributed by atoms with Crippen LogP contribution in [0.1, 0.15) is 43.4 Å². The van der Waals surface area contributed by atoms with Crippen LogP contribution in [0.5, 0.6) is 11.5 Å². The number of rotatable bonds is 12. The van der Waals surface area contributed by atoms with Crippen molar-refractivity contribution in [3.8, 4) is 11.5 Å². The lowest BCUT2D eigenvalue weighted by Crippen LogP contribution is -2.07. The van der Waals surface area contributed by atoms with E-state index in [0.717, 1.165) is 35.4 Å². The van der Waals surface area contributed by atoms with Crippen molar-refractivity contribution in [2.45, 2.75) is 45.0 Å². The van der Waals surface area contributed by atoms with E-state index in [1.807, 2.05) is 6.92 Å². The van der Waals surface area contributed by atoms with E-state index in [0.29, 0.717) is 35.1 Å². The van der Waals surface area contributed by atoms with Gasteiger partial charge in [-0.2, -0.15) is 13.2 Å². The normalized spacial score (nSPS) is 12.3. The molecule has 3 N–H and O–H groups in total. The van der Waals surface area contributed by atoms with E-state index >= 15 is 0 Å². The van der Waals surface area contributed by atoms with Gasteiger partial charge >= 0.3 is 12.1 Å². The first-order chi connectivity index (χ1) is 15.6. The van der Waals surface area contributed by atoms with E-state index in [1.165, 1.54) is 23.9 Å². The van der Waals surface area contributed by atoms with Crippen LogP contribution in [-0.2, 0) is 23.1 Å². The Hall–Kier alpha value is -2.81. The van der Waals surface area contributed by atoms with Gasteiger partial charge in [0.1, 0.15) is 18.1 Å². The lowest BCUT2D eigenvalue weighted by molar-refractivity contribution is -0.138. The van der Waals surface area contributed by atoms with Gasteiger partial charge in [0.2, 0.25) is 0 Å². The third-order valence-corrected chi connectivity index (χ3v) is 5.83. The lowest BCUT2D eigenvalue weighted by Gasteiger charge is -2.14. The Balaban J connectivity index is 2.05. The molecule has 0 spiro atoms. The molecule has 33 heavy (non-hydrogen) atoms. The second-order valence-electron chi connectivity index (χ2n) is 7.46. The Morgan fingerprint density at radius 1 is 1.06 bits per heavy atom. The summed E-state index contributed by atoms with van der Waals surface area (Å²) in [6.07, 6.45) is -2.69. The fraction of sp³-hybridized carbons (Fsp3) is 0.375. The highest BCUT2D eigenvalue weighted by Gasteiger charge is 2.29. The van der Waals surface area contributed by atoms with E-state index < -0.39 is 17.7 Å². The topological polar surface area (TPSA) is 81.8 Å². The lowest BCUT2D eigenvalue weighted by atomic mass is 10.1. The summed E-state index contributed by atoms with van der Waals surface area (Å²) >= 11 is 1.37. The van der Waals surface area contributed by atoms with Gasteiger partial charge in [0.25, 0.3) is 0 Å². The molecular weight excluding hydrogens is 455 g/mol.